The van der Waals surface area contributed by atoms with E-state index in [-0.39, 0.29) is 17.0 Å². The molecule has 0 radical (unpaired) electrons. The Balaban J connectivity index is 2.46. The zero-order valence-corrected chi connectivity index (χ0v) is 10.2. The highest BCUT2D eigenvalue weighted by molar-refractivity contribution is 7.90. The van der Waals surface area contributed by atoms with Gasteiger partial charge in [0.2, 0.25) is 0 Å². The highest BCUT2D eigenvalue weighted by Crippen LogP contribution is 2.29. The van der Waals surface area contributed by atoms with Gasteiger partial charge in [0.05, 0.1) is 5.56 Å². The van der Waals surface area contributed by atoms with Crippen molar-refractivity contribution in [2.75, 3.05) is 12.3 Å². The Bertz CT molecular complexity index is 525. The van der Waals surface area contributed by atoms with Gasteiger partial charge in [-0.3, -0.25) is 4.79 Å². The predicted octanol–water partition coefficient (Wildman–Crippen LogP) is 1.15. The van der Waals surface area contributed by atoms with Gasteiger partial charge in [0, 0.05) is 6.54 Å². The van der Waals surface area contributed by atoms with Gasteiger partial charge < -0.3 is 0 Å². The number of nitrogens with zero attached hydrogens (tertiary/aromatic N) is 1. The van der Waals surface area contributed by atoms with Crippen molar-refractivity contribution in [3.63, 3.8) is 0 Å². The molecule has 1 aromatic carbocycles. The molecule has 1 heterocycles. The molecule has 1 aliphatic rings. The molecule has 0 aliphatic carbocycles. The second kappa shape index (κ2) is 4.10. The van der Waals surface area contributed by atoms with Crippen molar-refractivity contribution >= 4 is 28.6 Å². The van der Waals surface area contributed by atoms with Gasteiger partial charge in [0.15, 0.2) is 0 Å². The van der Waals surface area contributed by atoms with E-state index in [9.17, 15) is 13.2 Å². The third-order valence-electron chi connectivity index (χ3n) is 2.43. The SMILES string of the molecule is O=C1c2ccccc2S(=O)(=O)N1CCCS. The number of rotatable bonds is 3. The summed E-state index contributed by atoms with van der Waals surface area (Å²) >= 11 is 4.01. The molecule has 4 nitrogen and oxygen atoms in total. The number of amides is 1. The molecule has 86 valence electrons. The van der Waals surface area contributed by atoms with Crippen molar-refractivity contribution in [3.8, 4) is 0 Å². The third kappa shape index (κ3) is 1.62. The monoisotopic (exact) mass is 257 g/mol. The lowest BCUT2D eigenvalue weighted by atomic mass is 10.2. The van der Waals surface area contributed by atoms with Crippen molar-refractivity contribution in [3.05, 3.63) is 29.8 Å². The Morgan fingerprint density at radius 3 is 2.56 bits per heavy atom. The van der Waals surface area contributed by atoms with Crippen LogP contribution in [-0.4, -0.2) is 30.9 Å². The van der Waals surface area contributed by atoms with E-state index in [0.717, 1.165) is 4.31 Å². The normalized spacial score (nSPS) is 17.6. The number of thiol groups is 1. The van der Waals surface area contributed by atoms with Crippen LogP contribution >= 0.6 is 12.6 Å². The van der Waals surface area contributed by atoms with Gasteiger partial charge >= 0.3 is 0 Å². The summed E-state index contributed by atoms with van der Waals surface area (Å²) in [4.78, 5) is 12.0. The first kappa shape index (κ1) is 11.5. The molecule has 16 heavy (non-hydrogen) atoms. The van der Waals surface area contributed by atoms with E-state index >= 15 is 0 Å². The topological polar surface area (TPSA) is 54.5 Å². The molecule has 1 amide bonds. The fraction of sp³-hybridized carbons (Fsp3) is 0.300. The summed E-state index contributed by atoms with van der Waals surface area (Å²) in [5.74, 6) is 0.118. The lowest BCUT2D eigenvalue weighted by Crippen LogP contribution is -2.31. The first-order valence-electron chi connectivity index (χ1n) is 4.86. The van der Waals surface area contributed by atoms with Crippen LogP contribution in [0.15, 0.2) is 29.2 Å². The van der Waals surface area contributed by atoms with Crippen molar-refractivity contribution in [2.45, 2.75) is 11.3 Å². The highest BCUT2D eigenvalue weighted by atomic mass is 32.2. The predicted molar refractivity (Wildman–Crippen MR) is 63.1 cm³/mol. The van der Waals surface area contributed by atoms with Crippen LogP contribution in [-0.2, 0) is 10.0 Å². The fourth-order valence-corrected chi connectivity index (χ4v) is 3.42. The summed E-state index contributed by atoms with van der Waals surface area (Å²) in [7, 11) is -3.62. The summed E-state index contributed by atoms with van der Waals surface area (Å²) < 4.78 is 24.9. The summed E-state index contributed by atoms with van der Waals surface area (Å²) in [6.07, 6.45) is 0.558. The van der Waals surface area contributed by atoms with E-state index in [2.05, 4.69) is 12.6 Å². The molecule has 6 heteroatoms. The van der Waals surface area contributed by atoms with Gasteiger partial charge in [-0.05, 0) is 24.3 Å². The van der Waals surface area contributed by atoms with E-state index < -0.39 is 15.9 Å². The molecule has 1 aromatic rings. The minimum absolute atomic E-state index is 0.110. The average Bonchev–Trinajstić information content (AvgIpc) is 2.46. The Kier molecular flexibility index (Phi) is 2.94. The van der Waals surface area contributed by atoms with E-state index in [1.54, 1.807) is 12.1 Å². The lowest BCUT2D eigenvalue weighted by molar-refractivity contribution is 0.0871. The van der Waals surface area contributed by atoms with Crippen LogP contribution in [0.1, 0.15) is 16.8 Å². The number of fused-ring (bicyclic) bond motifs is 1. The minimum Gasteiger partial charge on any atom is -0.268 e. The quantitative estimate of drug-likeness (QED) is 0.826. The number of sulfonamides is 1. The van der Waals surface area contributed by atoms with Crippen molar-refractivity contribution in [1.29, 1.82) is 0 Å². The van der Waals surface area contributed by atoms with Gasteiger partial charge in [0.1, 0.15) is 4.90 Å². The second-order valence-corrected chi connectivity index (χ2v) is 5.73. The maximum Gasteiger partial charge on any atom is 0.269 e. The first-order valence-corrected chi connectivity index (χ1v) is 6.93. The van der Waals surface area contributed by atoms with Crippen molar-refractivity contribution in [2.24, 2.45) is 0 Å². The number of carbonyl (C=O) groups excluding carboxylic acids is 1. The van der Waals surface area contributed by atoms with Gasteiger partial charge in [0.25, 0.3) is 15.9 Å². The Labute approximate surface area is 99.7 Å². The lowest BCUT2D eigenvalue weighted by Gasteiger charge is -2.13. The van der Waals surface area contributed by atoms with Crippen LogP contribution in [0.5, 0.6) is 0 Å². The zero-order valence-electron chi connectivity index (χ0n) is 8.46. The van der Waals surface area contributed by atoms with Gasteiger partial charge in [-0.2, -0.15) is 12.6 Å². The molecular formula is C10H11NO3S2. The van der Waals surface area contributed by atoms with E-state index in [4.69, 9.17) is 0 Å². The van der Waals surface area contributed by atoms with Crippen LogP contribution in [0.3, 0.4) is 0 Å². The molecule has 2 rings (SSSR count). The fourth-order valence-electron chi connectivity index (χ4n) is 1.67. The number of carbonyl (C=O) groups is 1. The number of benzene rings is 1. The van der Waals surface area contributed by atoms with E-state index in [1.807, 2.05) is 0 Å². The van der Waals surface area contributed by atoms with Gasteiger partial charge in [-0.1, -0.05) is 12.1 Å². The molecule has 0 unspecified atom stereocenters. The smallest absolute Gasteiger partial charge is 0.268 e. The van der Waals surface area contributed by atoms with Gasteiger partial charge in [-0.25, -0.2) is 12.7 Å². The van der Waals surface area contributed by atoms with Crippen LogP contribution in [0.2, 0.25) is 0 Å². The third-order valence-corrected chi connectivity index (χ3v) is 4.59. The van der Waals surface area contributed by atoms with Crippen molar-refractivity contribution < 1.29 is 13.2 Å². The van der Waals surface area contributed by atoms with Crippen LogP contribution in [0, 0.1) is 0 Å². The van der Waals surface area contributed by atoms with Crippen molar-refractivity contribution in [1.82, 2.24) is 4.31 Å². The number of hydrogen-bond donors (Lipinski definition) is 1. The molecular weight excluding hydrogens is 246 g/mol. The largest absolute Gasteiger partial charge is 0.269 e. The summed E-state index contributed by atoms with van der Waals surface area (Å²) in [6.45, 7) is 0.194. The molecule has 0 atom stereocenters. The summed E-state index contributed by atoms with van der Waals surface area (Å²) in [6, 6.07) is 6.28. The van der Waals surface area contributed by atoms with Crippen LogP contribution in [0.25, 0.3) is 0 Å². The Morgan fingerprint density at radius 2 is 1.94 bits per heavy atom. The van der Waals surface area contributed by atoms with Crippen LogP contribution in [0.4, 0.5) is 0 Å². The van der Waals surface area contributed by atoms with E-state index in [0.29, 0.717) is 12.2 Å². The Hall–Kier alpha value is -1.01. The maximum absolute atomic E-state index is 12.0. The minimum atomic E-state index is -3.62. The molecule has 0 bridgehead atoms. The molecule has 0 saturated carbocycles. The Morgan fingerprint density at radius 1 is 1.25 bits per heavy atom. The second-order valence-electron chi connectivity index (χ2n) is 3.46. The molecule has 0 aromatic heterocycles. The molecule has 0 saturated heterocycles. The molecule has 1 aliphatic heterocycles. The van der Waals surface area contributed by atoms with E-state index in [1.165, 1.54) is 12.1 Å². The highest BCUT2D eigenvalue weighted by Gasteiger charge is 2.40. The maximum atomic E-state index is 12.0. The summed E-state index contributed by atoms with van der Waals surface area (Å²) in [5, 5.41) is 0. The molecule has 0 spiro atoms. The number of hydrogen-bond acceptors (Lipinski definition) is 4. The van der Waals surface area contributed by atoms with Gasteiger partial charge in [-0.15, -0.1) is 0 Å². The molecule has 0 fully saturated rings. The summed E-state index contributed by atoms with van der Waals surface area (Å²) in [5.41, 5.74) is 0.265. The van der Waals surface area contributed by atoms with Crippen LogP contribution < -0.4 is 0 Å². The standard InChI is InChI=1S/C10H11NO3S2/c12-10-8-4-1-2-5-9(8)16(13,14)11(10)6-3-7-15/h1-2,4-5,15H,3,6-7H2. The molecule has 0 N–H and O–H groups in total. The zero-order chi connectivity index (χ0) is 11.8. The first-order chi connectivity index (χ1) is 7.59. The average molecular weight is 257 g/mol.